The van der Waals surface area contributed by atoms with Crippen LogP contribution in [-0.2, 0) is 14.4 Å². The number of amides is 3. The Morgan fingerprint density at radius 1 is 1.30 bits per heavy atom. The molecule has 1 aliphatic rings. The van der Waals surface area contributed by atoms with Crippen molar-refractivity contribution in [2.24, 2.45) is 0 Å². The first-order valence-corrected chi connectivity index (χ1v) is 6.02. The molecular formula is C13H16ClN3O3. The fourth-order valence-electron chi connectivity index (χ4n) is 1.92. The third-order valence-electron chi connectivity index (χ3n) is 2.76. The molecule has 0 unspecified atom stereocenters. The fraction of sp³-hybridized carbons (Fsp3) is 0.308. The molecule has 3 N–H and O–H groups in total. The highest BCUT2D eigenvalue weighted by Crippen LogP contribution is 2.18. The average molecular weight is 298 g/mol. The smallest absolute Gasteiger partial charge is 0.249 e. The van der Waals surface area contributed by atoms with Gasteiger partial charge in [0.1, 0.15) is 6.04 Å². The lowest BCUT2D eigenvalue weighted by molar-refractivity contribution is -0.133. The number of rotatable bonds is 3. The molecule has 1 aromatic carbocycles. The summed E-state index contributed by atoms with van der Waals surface area (Å²) in [6.07, 6.45) is 0.795. The summed E-state index contributed by atoms with van der Waals surface area (Å²) >= 11 is 0. The fourth-order valence-corrected chi connectivity index (χ4v) is 1.92. The van der Waals surface area contributed by atoms with Crippen molar-refractivity contribution >= 4 is 41.5 Å². The number of anilines is 2. The van der Waals surface area contributed by atoms with E-state index in [1.54, 1.807) is 24.3 Å². The van der Waals surface area contributed by atoms with E-state index in [9.17, 15) is 14.4 Å². The summed E-state index contributed by atoms with van der Waals surface area (Å²) in [5.74, 6) is -0.714. The summed E-state index contributed by atoms with van der Waals surface area (Å²) in [7, 11) is 0. The van der Waals surface area contributed by atoms with E-state index < -0.39 is 6.04 Å². The third-order valence-corrected chi connectivity index (χ3v) is 2.76. The lowest BCUT2D eigenvalue weighted by atomic mass is 10.1. The van der Waals surface area contributed by atoms with Crippen LogP contribution in [0, 0.1) is 0 Å². The van der Waals surface area contributed by atoms with Gasteiger partial charge in [0, 0.05) is 24.7 Å². The molecule has 1 aromatic rings. The summed E-state index contributed by atoms with van der Waals surface area (Å²) in [5, 5.41) is 8.00. The molecule has 3 amide bonds. The van der Waals surface area contributed by atoms with E-state index in [1.165, 1.54) is 6.92 Å². The van der Waals surface area contributed by atoms with Crippen molar-refractivity contribution in [3.8, 4) is 0 Å². The quantitative estimate of drug-likeness (QED) is 0.734. The van der Waals surface area contributed by atoms with Crippen LogP contribution in [0.5, 0.6) is 0 Å². The van der Waals surface area contributed by atoms with E-state index in [1.807, 2.05) is 0 Å². The number of nitrogens with one attached hydrogen (secondary N) is 3. The number of carbonyl (C=O) groups excluding carboxylic acids is 3. The van der Waals surface area contributed by atoms with Crippen molar-refractivity contribution in [3.63, 3.8) is 0 Å². The Morgan fingerprint density at radius 2 is 2.00 bits per heavy atom. The Hall–Kier alpha value is -2.08. The van der Waals surface area contributed by atoms with Crippen LogP contribution in [0.3, 0.4) is 0 Å². The maximum absolute atomic E-state index is 11.6. The highest BCUT2D eigenvalue weighted by molar-refractivity contribution is 6.01. The zero-order valence-corrected chi connectivity index (χ0v) is 11.8. The Morgan fingerprint density at radius 3 is 2.65 bits per heavy atom. The molecule has 20 heavy (non-hydrogen) atoms. The van der Waals surface area contributed by atoms with Crippen molar-refractivity contribution in [3.05, 3.63) is 24.3 Å². The Bertz CT molecular complexity index is 533. The minimum Gasteiger partial charge on any atom is -0.374 e. The summed E-state index contributed by atoms with van der Waals surface area (Å²) in [6.45, 7) is 1.43. The minimum atomic E-state index is -0.426. The SMILES string of the molecule is CC(=O)Nc1cccc(N[C@H]2CCC(=O)NC2=O)c1.Cl. The first-order chi connectivity index (χ1) is 9.04. The second-order valence-electron chi connectivity index (χ2n) is 4.41. The largest absolute Gasteiger partial charge is 0.374 e. The van der Waals surface area contributed by atoms with E-state index in [2.05, 4.69) is 16.0 Å². The van der Waals surface area contributed by atoms with Crippen LogP contribution in [0.1, 0.15) is 19.8 Å². The predicted molar refractivity (Wildman–Crippen MR) is 77.8 cm³/mol. The summed E-state index contributed by atoms with van der Waals surface area (Å²) in [4.78, 5) is 33.6. The third kappa shape index (κ3) is 4.24. The second-order valence-corrected chi connectivity index (χ2v) is 4.41. The van der Waals surface area contributed by atoms with Crippen LogP contribution in [0.25, 0.3) is 0 Å². The molecule has 6 nitrogen and oxygen atoms in total. The van der Waals surface area contributed by atoms with Gasteiger partial charge in [-0.2, -0.15) is 0 Å². The van der Waals surface area contributed by atoms with Crippen LogP contribution < -0.4 is 16.0 Å². The van der Waals surface area contributed by atoms with Gasteiger partial charge in [-0.3, -0.25) is 19.7 Å². The van der Waals surface area contributed by atoms with Crippen molar-refractivity contribution in [2.75, 3.05) is 10.6 Å². The van der Waals surface area contributed by atoms with Crippen LogP contribution in [-0.4, -0.2) is 23.8 Å². The molecular weight excluding hydrogens is 282 g/mol. The van der Waals surface area contributed by atoms with Gasteiger partial charge in [0.2, 0.25) is 17.7 Å². The van der Waals surface area contributed by atoms with E-state index in [4.69, 9.17) is 0 Å². The van der Waals surface area contributed by atoms with Crippen LogP contribution in [0.2, 0.25) is 0 Å². The molecule has 0 radical (unpaired) electrons. The standard InChI is InChI=1S/C13H15N3O3.ClH/c1-8(17)14-9-3-2-4-10(7-9)15-11-5-6-12(18)16-13(11)19;/h2-4,7,11,15H,5-6H2,1H3,(H,14,17)(H,16,18,19);1H/t11-;/m0./s1. The number of hydrogen-bond acceptors (Lipinski definition) is 4. The maximum Gasteiger partial charge on any atom is 0.249 e. The zero-order valence-electron chi connectivity index (χ0n) is 10.9. The molecule has 108 valence electrons. The van der Waals surface area contributed by atoms with Gasteiger partial charge in [-0.05, 0) is 24.6 Å². The minimum absolute atomic E-state index is 0. The first-order valence-electron chi connectivity index (χ1n) is 6.02. The van der Waals surface area contributed by atoms with Crippen LogP contribution >= 0.6 is 12.4 Å². The molecule has 1 aliphatic heterocycles. The molecule has 0 bridgehead atoms. The number of imide groups is 1. The zero-order chi connectivity index (χ0) is 13.8. The number of halogens is 1. The number of piperidine rings is 1. The van der Waals surface area contributed by atoms with Gasteiger partial charge in [-0.15, -0.1) is 12.4 Å². The topological polar surface area (TPSA) is 87.3 Å². The molecule has 0 aromatic heterocycles. The van der Waals surface area contributed by atoms with Gasteiger partial charge < -0.3 is 10.6 Å². The number of carbonyl (C=O) groups is 3. The van der Waals surface area contributed by atoms with Gasteiger partial charge in [0.05, 0.1) is 0 Å². The van der Waals surface area contributed by atoms with Gasteiger partial charge in [0.25, 0.3) is 0 Å². The summed E-state index contributed by atoms with van der Waals surface area (Å²) in [6, 6.07) is 6.65. The molecule has 0 spiro atoms. The molecule has 7 heteroatoms. The van der Waals surface area contributed by atoms with Crippen molar-refractivity contribution in [2.45, 2.75) is 25.8 Å². The van der Waals surface area contributed by atoms with Crippen LogP contribution in [0.4, 0.5) is 11.4 Å². The highest BCUT2D eigenvalue weighted by Gasteiger charge is 2.26. The van der Waals surface area contributed by atoms with Gasteiger partial charge in [0.15, 0.2) is 0 Å². The molecule has 1 heterocycles. The van der Waals surface area contributed by atoms with Gasteiger partial charge >= 0.3 is 0 Å². The van der Waals surface area contributed by atoms with Crippen molar-refractivity contribution in [1.29, 1.82) is 0 Å². The van der Waals surface area contributed by atoms with Crippen molar-refractivity contribution in [1.82, 2.24) is 5.32 Å². The van der Waals surface area contributed by atoms with Gasteiger partial charge in [-0.1, -0.05) is 6.07 Å². The Kier molecular flexibility index (Phi) is 5.52. The van der Waals surface area contributed by atoms with Gasteiger partial charge in [-0.25, -0.2) is 0 Å². The lowest BCUT2D eigenvalue weighted by Gasteiger charge is -2.23. The molecule has 0 aliphatic carbocycles. The average Bonchev–Trinajstić information content (AvgIpc) is 2.32. The monoisotopic (exact) mass is 297 g/mol. The van der Waals surface area contributed by atoms with E-state index in [-0.39, 0.29) is 30.1 Å². The van der Waals surface area contributed by atoms with Crippen molar-refractivity contribution < 1.29 is 14.4 Å². The molecule has 1 fully saturated rings. The molecule has 1 atom stereocenters. The number of hydrogen-bond donors (Lipinski definition) is 3. The molecule has 1 saturated heterocycles. The van der Waals surface area contributed by atoms with E-state index in [0.717, 1.165) is 5.69 Å². The first kappa shape index (κ1) is 16.0. The number of benzene rings is 1. The summed E-state index contributed by atoms with van der Waals surface area (Å²) < 4.78 is 0. The molecule has 2 rings (SSSR count). The maximum atomic E-state index is 11.6. The molecule has 0 saturated carbocycles. The van der Waals surface area contributed by atoms with E-state index in [0.29, 0.717) is 18.5 Å². The second kappa shape index (κ2) is 6.91. The Labute approximate surface area is 122 Å². The lowest BCUT2D eigenvalue weighted by Crippen LogP contribution is -2.47. The van der Waals surface area contributed by atoms with Crippen LogP contribution in [0.15, 0.2) is 24.3 Å². The summed E-state index contributed by atoms with van der Waals surface area (Å²) in [5.41, 5.74) is 1.38. The Balaban J connectivity index is 0.00000200. The highest BCUT2D eigenvalue weighted by atomic mass is 35.5. The van der Waals surface area contributed by atoms with E-state index >= 15 is 0 Å². The normalized spacial score (nSPS) is 17.8. The predicted octanol–water partition coefficient (Wildman–Crippen LogP) is 1.28.